The third kappa shape index (κ3) is 4.89. The summed E-state index contributed by atoms with van der Waals surface area (Å²) in [4.78, 5) is 0. The minimum Gasteiger partial charge on any atom is -0.396 e. The molecule has 0 radical (unpaired) electrons. The maximum Gasteiger partial charge on any atom is 0.0431 e. The second-order valence-electron chi connectivity index (χ2n) is 3.85. The van der Waals surface area contributed by atoms with Gasteiger partial charge >= 0.3 is 0 Å². The van der Waals surface area contributed by atoms with Crippen molar-refractivity contribution in [1.29, 1.82) is 0 Å². The van der Waals surface area contributed by atoms with Gasteiger partial charge in [0.05, 0.1) is 0 Å². The molecule has 78 valence electrons. The molecule has 0 aromatic rings. The van der Waals surface area contributed by atoms with Crippen LogP contribution in [0.25, 0.3) is 0 Å². The molecule has 1 fully saturated rings. The Hall–Kier alpha value is 0.270. The van der Waals surface area contributed by atoms with Crippen LogP contribution in [0.4, 0.5) is 0 Å². The van der Waals surface area contributed by atoms with E-state index in [1.54, 1.807) is 0 Å². The van der Waals surface area contributed by atoms with Crippen LogP contribution in [0.15, 0.2) is 0 Å². The summed E-state index contributed by atoms with van der Waals surface area (Å²) in [5.74, 6) is 2.60. The summed E-state index contributed by atoms with van der Waals surface area (Å²) in [5.41, 5.74) is 0. The molecule has 1 aliphatic heterocycles. The summed E-state index contributed by atoms with van der Waals surface area (Å²) >= 11 is 2.06. The zero-order valence-electron chi connectivity index (χ0n) is 8.46. The van der Waals surface area contributed by atoms with Crippen molar-refractivity contribution in [1.82, 2.24) is 5.32 Å². The van der Waals surface area contributed by atoms with Crippen molar-refractivity contribution in [2.75, 3.05) is 18.1 Å². The summed E-state index contributed by atoms with van der Waals surface area (Å²) in [7, 11) is 0. The molecule has 2 nitrogen and oxygen atoms in total. The van der Waals surface area contributed by atoms with E-state index in [4.69, 9.17) is 5.11 Å². The molecule has 2 N–H and O–H groups in total. The molecule has 1 rings (SSSR count). The normalized spacial score (nSPS) is 25.8. The predicted molar refractivity (Wildman–Crippen MR) is 59.3 cm³/mol. The van der Waals surface area contributed by atoms with Crippen molar-refractivity contribution in [2.24, 2.45) is 0 Å². The Morgan fingerprint density at radius 3 is 3.08 bits per heavy atom. The second kappa shape index (κ2) is 6.68. The van der Waals surface area contributed by atoms with Gasteiger partial charge in [-0.2, -0.15) is 11.8 Å². The first-order valence-electron chi connectivity index (χ1n) is 5.27. The third-order valence-corrected chi connectivity index (χ3v) is 3.69. The fraction of sp³-hybridized carbons (Fsp3) is 1.00. The number of aliphatic hydroxyl groups is 1. The second-order valence-corrected chi connectivity index (χ2v) is 5.00. The number of hydrogen-bond acceptors (Lipinski definition) is 3. The molecule has 3 heteroatoms. The molecule has 0 saturated carbocycles. The van der Waals surface area contributed by atoms with Gasteiger partial charge in [0, 0.05) is 24.4 Å². The number of rotatable bonds is 5. The van der Waals surface area contributed by atoms with Crippen LogP contribution in [0, 0.1) is 0 Å². The lowest BCUT2D eigenvalue weighted by Crippen LogP contribution is -2.39. The molecular formula is C10H21NOS. The molecule has 1 heterocycles. The van der Waals surface area contributed by atoms with Crippen molar-refractivity contribution < 1.29 is 5.11 Å². The van der Waals surface area contributed by atoms with Crippen LogP contribution in [0.1, 0.15) is 32.6 Å². The van der Waals surface area contributed by atoms with Gasteiger partial charge in [-0.1, -0.05) is 0 Å². The fourth-order valence-electron chi connectivity index (χ4n) is 1.76. The molecule has 0 amide bonds. The molecular weight excluding hydrogens is 182 g/mol. The van der Waals surface area contributed by atoms with Gasteiger partial charge in [0.15, 0.2) is 0 Å². The van der Waals surface area contributed by atoms with Gasteiger partial charge < -0.3 is 10.4 Å². The first-order chi connectivity index (χ1) is 6.33. The van der Waals surface area contributed by atoms with Crippen molar-refractivity contribution in [3.63, 3.8) is 0 Å². The Labute approximate surface area is 85.5 Å². The molecule has 0 aliphatic carbocycles. The van der Waals surface area contributed by atoms with Gasteiger partial charge in [-0.05, 0) is 38.4 Å². The van der Waals surface area contributed by atoms with Crippen LogP contribution in [-0.4, -0.2) is 35.3 Å². The highest BCUT2D eigenvalue weighted by atomic mass is 32.2. The van der Waals surface area contributed by atoms with Crippen LogP contribution < -0.4 is 5.32 Å². The Balaban J connectivity index is 2.07. The van der Waals surface area contributed by atoms with Crippen LogP contribution in [0.2, 0.25) is 0 Å². The average Bonchev–Trinajstić information content (AvgIpc) is 2.16. The Morgan fingerprint density at radius 1 is 1.62 bits per heavy atom. The quantitative estimate of drug-likeness (QED) is 0.712. The van der Waals surface area contributed by atoms with Crippen molar-refractivity contribution in [3.8, 4) is 0 Å². The van der Waals surface area contributed by atoms with Gasteiger partial charge in [0.2, 0.25) is 0 Å². The molecule has 0 unspecified atom stereocenters. The number of hydrogen-bond donors (Lipinski definition) is 2. The van der Waals surface area contributed by atoms with Gasteiger partial charge in [-0.3, -0.25) is 0 Å². The van der Waals surface area contributed by atoms with E-state index in [9.17, 15) is 0 Å². The molecule has 0 aromatic carbocycles. The molecule has 13 heavy (non-hydrogen) atoms. The minimum absolute atomic E-state index is 0.325. The van der Waals surface area contributed by atoms with E-state index in [0.29, 0.717) is 18.7 Å². The maximum atomic E-state index is 8.69. The zero-order valence-corrected chi connectivity index (χ0v) is 9.28. The Kier molecular flexibility index (Phi) is 5.83. The molecule has 0 aromatic heterocycles. The first kappa shape index (κ1) is 11.3. The van der Waals surface area contributed by atoms with E-state index in [2.05, 4.69) is 24.0 Å². The number of aliphatic hydroxyl groups excluding tert-OH is 1. The van der Waals surface area contributed by atoms with E-state index in [-0.39, 0.29) is 0 Å². The van der Waals surface area contributed by atoms with Crippen LogP contribution in [-0.2, 0) is 0 Å². The molecule has 1 saturated heterocycles. The Morgan fingerprint density at radius 2 is 2.46 bits per heavy atom. The van der Waals surface area contributed by atoms with Crippen molar-refractivity contribution in [3.05, 3.63) is 0 Å². The van der Waals surface area contributed by atoms with E-state index in [0.717, 1.165) is 12.8 Å². The SMILES string of the molecule is C[C@@H](CCCO)N[C@H]1CCCSC1. The fourth-order valence-corrected chi connectivity index (χ4v) is 2.84. The Bertz CT molecular complexity index is 126. The van der Waals surface area contributed by atoms with Crippen LogP contribution in [0.5, 0.6) is 0 Å². The highest BCUT2D eigenvalue weighted by Crippen LogP contribution is 2.17. The largest absolute Gasteiger partial charge is 0.396 e. The maximum absolute atomic E-state index is 8.69. The summed E-state index contributed by atoms with van der Waals surface area (Å²) < 4.78 is 0. The lowest BCUT2D eigenvalue weighted by Gasteiger charge is -2.26. The van der Waals surface area contributed by atoms with E-state index < -0.39 is 0 Å². The van der Waals surface area contributed by atoms with Gasteiger partial charge in [-0.25, -0.2) is 0 Å². The van der Waals surface area contributed by atoms with E-state index in [1.165, 1.54) is 24.3 Å². The van der Waals surface area contributed by atoms with Gasteiger partial charge in [0.25, 0.3) is 0 Å². The van der Waals surface area contributed by atoms with Gasteiger partial charge in [0.1, 0.15) is 0 Å². The third-order valence-electron chi connectivity index (χ3n) is 2.48. The molecule has 2 atom stereocenters. The summed E-state index contributed by atoms with van der Waals surface area (Å²) in [6.45, 7) is 2.54. The summed E-state index contributed by atoms with van der Waals surface area (Å²) in [6, 6.07) is 1.28. The van der Waals surface area contributed by atoms with Crippen LogP contribution in [0.3, 0.4) is 0 Å². The zero-order chi connectivity index (χ0) is 9.52. The lowest BCUT2D eigenvalue weighted by atomic mass is 10.1. The summed E-state index contributed by atoms with van der Waals surface area (Å²) in [6.07, 6.45) is 4.71. The van der Waals surface area contributed by atoms with Crippen molar-refractivity contribution >= 4 is 11.8 Å². The van der Waals surface area contributed by atoms with Crippen LogP contribution >= 0.6 is 11.8 Å². The van der Waals surface area contributed by atoms with Crippen molar-refractivity contribution in [2.45, 2.75) is 44.7 Å². The van der Waals surface area contributed by atoms with E-state index >= 15 is 0 Å². The first-order valence-corrected chi connectivity index (χ1v) is 6.43. The summed E-state index contributed by atoms with van der Waals surface area (Å²) in [5, 5.41) is 12.3. The number of thioether (sulfide) groups is 1. The topological polar surface area (TPSA) is 32.3 Å². The highest BCUT2D eigenvalue weighted by Gasteiger charge is 2.15. The van der Waals surface area contributed by atoms with Gasteiger partial charge in [-0.15, -0.1) is 0 Å². The smallest absolute Gasteiger partial charge is 0.0431 e. The molecule has 1 aliphatic rings. The van der Waals surface area contributed by atoms with E-state index in [1.807, 2.05) is 0 Å². The molecule has 0 spiro atoms. The minimum atomic E-state index is 0.325. The lowest BCUT2D eigenvalue weighted by molar-refractivity contribution is 0.273. The molecule has 0 bridgehead atoms. The monoisotopic (exact) mass is 203 g/mol. The standard InChI is InChI=1S/C10H21NOS/c1-9(4-2-6-12)11-10-5-3-7-13-8-10/h9-12H,2-8H2,1H3/t9-,10-/m0/s1. The average molecular weight is 203 g/mol. The number of nitrogens with one attached hydrogen (secondary N) is 1. The highest BCUT2D eigenvalue weighted by molar-refractivity contribution is 7.99. The predicted octanol–water partition coefficient (Wildman–Crippen LogP) is 1.63.